The van der Waals surface area contributed by atoms with Gasteiger partial charge in [-0.05, 0) is 26.2 Å². The first-order valence-electron chi connectivity index (χ1n) is 7.73. The van der Waals surface area contributed by atoms with Gasteiger partial charge in [-0.15, -0.1) is 0 Å². The predicted molar refractivity (Wildman–Crippen MR) is 91.1 cm³/mol. The van der Waals surface area contributed by atoms with Crippen molar-refractivity contribution >= 4 is 17.8 Å². The lowest BCUT2D eigenvalue weighted by Gasteiger charge is -2.22. The molecule has 134 valence electrons. The van der Waals surface area contributed by atoms with E-state index in [-0.39, 0.29) is 5.91 Å². The normalized spacial score (nSPS) is 12.8. The second kappa shape index (κ2) is 10.8. The topological polar surface area (TPSA) is 100 Å². The first-order chi connectivity index (χ1) is 10.7. The number of nitrogens with one attached hydrogen (secondary N) is 1. The number of hydrogen-bond donors (Lipinski definition) is 2. The highest BCUT2D eigenvalue weighted by Crippen LogP contribution is 2.04. The van der Waals surface area contributed by atoms with Crippen LogP contribution >= 0.6 is 0 Å². The summed E-state index contributed by atoms with van der Waals surface area (Å²) in [5, 5.41) is 2.61. The van der Waals surface area contributed by atoms with E-state index >= 15 is 0 Å². The summed E-state index contributed by atoms with van der Waals surface area (Å²) in [6, 6.07) is -1.32. The Hall–Kier alpha value is -1.83. The monoisotopic (exact) mass is 329 g/mol. The van der Waals surface area contributed by atoms with Crippen LogP contribution in [0.1, 0.15) is 26.2 Å². The zero-order chi connectivity index (χ0) is 18.0. The highest BCUT2D eigenvalue weighted by atomic mass is 16.5. The number of methoxy groups -OCH3 is 1. The van der Waals surface area contributed by atoms with Gasteiger partial charge in [-0.2, -0.15) is 0 Å². The molecule has 0 saturated heterocycles. The summed E-state index contributed by atoms with van der Waals surface area (Å²) >= 11 is 0. The number of rotatable bonds is 8. The molecule has 0 aromatic carbocycles. The van der Waals surface area contributed by atoms with Crippen molar-refractivity contribution < 1.29 is 14.3 Å². The van der Waals surface area contributed by atoms with E-state index in [2.05, 4.69) is 10.3 Å². The highest BCUT2D eigenvalue weighted by Gasteiger charge is 2.22. The highest BCUT2D eigenvalue weighted by molar-refractivity contribution is 5.87. The van der Waals surface area contributed by atoms with Gasteiger partial charge in [-0.25, -0.2) is 4.79 Å². The largest absolute Gasteiger partial charge is 0.467 e. The molecule has 0 aliphatic carbocycles. The van der Waals surface area contributed by atoms with Gasteiger partial charge in [0.2, 0.25) is 5.91 Å². The second-order valence-corrected chi connectivity index (χ2v) is 5.84. The van der Waals surface area contributed by atoms with E-state index in [1.54, 1.807) is 6.92 Å². The van der Waals surface area contributed by atoms with Gasteiger partial charge >= 0.3 is 5.97 Å². The first kappa shape index (κ1) is 21.2. The number of unbranched alkanes of at least 4 members (excludes halogenated alkanes) is 1. The molecule has 1 amide bonds. The minimum Gasteiger partial charge on any atom is -0.467 e. The van der Waals surface area contributed by atoms with Crippen LogP contribution in [0.2, 0.25) is 0 Å². The third kappa shape index (κ3) is 8.39. The maximum absolute atomic E-state index is 11.7. The van der Waals surface area contributed by atoms with Gasteiger partial charge in [0.05, 0.1) is 13.2 Å². The Bertz CT molecular complexity index is 398. The molecule has 0 saturated carbocycles. The summed E-state index contributed by atoms with van der Waals surface area (Å²) < 4.78 is 4.72. The number of esters is 1. The van der Waals surface area contributed by atoms with Crippen LogP contribution in [-0.4, -0.2) is 81.6 Å². The third-order valence-corrected chi connectivity index (χ3v) is 3.17. The molecule has 3 N–H and O–H groups in total. The molecule has 0 aliphatic heterocycles. The lowest BCUT2D eigenvalue weighted by Crippen LogP contribution is -2.47. The summed E-state index contributed by atoms with van der Waals surface area (Å²) in [7, 11) is 9.06. The minimum atomic E-state index is -0.662. The number of amides is 1. The van der Waals surface area contributed by atoms with Gasteiger partial charge in [-0.3, -0.25) is 9.79 Å². The molecule has 0 aliphatic rings. The van der Waals surface area contributed by atoms with Gasteiger partial charge < -0.3 is 25.6 Å². The Morgan fingerprint density at radius 3 is 2.17 bits per heavy atom. The van der Waals surface area contributed by atoms with E-state index in [1.807, 2.05) is 38.0 Å². The molecule has 0 bridgehead atoms. The average Bonchev–Trinajstić information content (AvgIpc) is 2.47. The van der Waals surface area contributed by atoms with E-state index < -0.39 is 18.1 Å². The van der Waals surface area contributed by atoms with Crippen LogP contribution < -0.4 is 11.1 Å². The molecule has 0 spiro atoms. The Balaban J connectivity index is 4.40. The summed E-state index contributed by atoms with van der Waals surface area (Å²) in [4.78, 5) is 31.7. The number of ether oxygens (including phenoxy) is 1. The van der Waals surface area contributed by atoms with Crippen LogP contribution in [0, 0.1) is 0 Å². The van der Waals surface area contributed by atoms with Gasteiger partial charge in [0.15, 0.2) is 5.96 Å². The van der Waals surface area contributed by atoms with Crippen molar-refractivity contribution in [1.82, 2.24) is 15.1 Å². The van der Waals surface area contributed by atoms with E-state index in [9.17, 15) is 9.59 Å². The van der Waals surface area contributed by atoms with Crippen LogP contribution in [0.25, 0.3) is 0 Å². The first-order valence-corrected chi connectivity index (χ1v) is 7.73. The smallest absolute Gasteiger partial charge is 0.328 e. The van der Waals surface area contributed by atoms with Crippen LogP contribution in [0.5, 0.6) is 0 Å². The summed E-state index contributed by atoms with van der Waals surface area (Å²) in [6.45, 7) is 2.23. The number of guanidine groups is 1. The number of aliphatic imine (C=N–C) groups is 1. The van der Waals surface area contributed by atoms with Crippen LogP contribution in [0.15, 0.2) is 4.99 Å². The molecule has 2 atom stereocenters. The van der Waals surface area contributed by atoms with E-state index in [1.165, 1.54) is 7.11 Å². The van der Waals surface area contributed by atoms with Crippen LogP contribution in [0.3, 0.4) is 0 Å². The van der Waals surface area contributed by atoms with E-state index in [0.29, 0.717) is 13.0 Å². The minimum absolute atomic E-state index is 0.360. The lowest BCUT2D eigenvalue weighted by molar-refractivity contribution is -0.145. The third-order valence-electron chi connectivity index (χ3n) is 3.17. The summed E-state index contributed by atoms with van der Waals surface area (Å²) in [6.07, 6.45) is 2.06. The number of carbonyl (C=O) groups excluding carboxylic acids is 2. The fourth-order valence-corrected chi connectivity index (χ4v) is 2.02. The van der Waals surface area contributed by atoms with E-state index in [0.717, 1.165) is 18.8 Å². The molecule has 0 rings (SSSR count). The van der Waals surface area contributed by atoms with Crippen molar-refractivity contribution in [2.24, 2.45) is 10.7 Å². The van der Waals surface area contributed by atoms with Crippen LogP contribution in [0.4, 0.5) is 0 Å². The molecule has 23 heavy (non-hydrogen) atoms. The number of nitrogens with two attached hydrogens (primary N) is 1. The maximum Gasteiger partial charge on any atom is 0.328 e. The average molecular weight is 329 g/mol. The van der Waals surface area contributed by atoms with E-state index in [4.69, 9.17) is 10.5 Å². The standard InChI is InChI=1S/C15H31N5O3/c1-11(16)13(21)18-12(14(22)23-6)9-7-8-10-17-15(19(2)3)20(4)5/h11-12H,7-10,16H2,1-6H3,(H,18,21). The van der Waals surface area contributed by atoms with Gasteiger partial charge in [-0.1, -0.05) is 0 Å². The maximum atomic E-state index is 11.7. The molecule has 8 heteroatoms. The second-order valence-electron chi connectivity index (χ2n) is 5.84. The number of hydrogen-bond acceptors (Lipinski definition) is 5. The Morgan fingerprint density at radius 2 is 1.74 bits per heavy atom. The SMILES string of the molecule is COC(=O)C(CCCCN=C(N(C)C)N(C)C)NC(=O)C(C)N. The van der Waals surface area contributed by atoms with Crippen LogP contribution in [-0.2, 0) is 14.3 Å². The van der Waals surface area contributed by atoms with Crippen molar-refractivity contribution in [3.63, 3.8) is 0 Å². The lowest BCUT2D eigenvalue weighted by atomic mass is 10.1. The molecule has 2 unspecified atom stereocenters. The van der Waals surface area contributed by atoms with Crippen molar-refractivity contribution in [2.75, 3.05) is 41.8 Å². The van der Waals surface area contributed by atoms with Crippen molar-refractivity contribution in [1.29, 1.82) is 0 Å². The number of carbonyl (C=O) groups is 2. The van der Waals surface area contributed by atoms with Gasteiger partial charge in [0.1, 0.15) is 6.04 Å². The zero-order valence-electron chi connectivity index (χ0n) is 15.1. The van der Waals surface area contributed by atoms with Gasteiger partial charge in [0, 0.05) is 34.7 Å². The van der Waals surface area contributed by atoms with Crippen molar-refractivity contribution in [2.45, 2.75) is 38.3 Å². The molecular formula is C15H31N5O3. The fraction of sp³-hybridized carbons (Fsp3) is 0.800. The molecule has 0 aromatic heterocycles. The molecule has 0 heterocycles. The molecule has 8 nitrogen and oxygen atoms in total. The number of nitrogens with zero attached hydrogens (tertiary/aromatic N) is 3. The Morgan fingerprint density at radius 1 is 1.17 bits per heavy atom. The molecule has 0 aromatic rings. The summed E-state index contributed by atoms with van der Waals surface area (Å²) in [5.41, 5.74) is 5.50. The Labute approximate surface area is 139 Å². The Kier molecular flexibility index (Phi) is 9.96. The van der Waals surface area contributed by atoms with Crippen molar-refractivity contribution in [3.05, 3.63) is 0 Å². The summed E-state index contributed by atoms with van der Waals surface area (Å²) in [5.74, 6) is 0.0745. The zero-order valence-corrected chi connectivity index (χ0v) is 15.1. The molecule has 0 radical (unpaired) electrons. The fourth-order valence-electron chi connectivity index (χ4n) is 2.02. The quantitative estimate of drug-likeness (QED) is 0.273. The van der Waals surface area contributed by atoms with Crippen molar-refractivity contribution in [3.8, 4) is 0 Å². The van der Waals surface area contributed by atoms with Gasteiger partial charge in [0.25, 0.3) is 0 Å². The predicted octanol–water partition coefficient (Wildman–Crippen LogP) is -0.359. The molecular weight excluding hydrogens is 298 g/mol. The molecule has 0 fully saturated rings.